The van der Waals surface area contributed by atoms with E-state index >= 15 is 0 Å². The van der Waals surface area contributed by atoms with Gasteiger partial charge >= 0.3 is 0 Å². The van der Waals surface area contributed by atoms with Crippen LogP contribution in [0, 0.1) is 5.92 Å². The topological polar surface area (TPSA) is 52.7 Å². The highest BCUT2D eigenvalue weighted by molar-refractivity contribution is 7.99. The number of hydrogen-bond acceptors (Lipinski definition) is 4. The third-order valence-corrected chi connectivity index (χ3v) is 5.80. The average Bonchev–Trinajstić information content (AvgIpc) is 3.20. The Balaban J connectivity index is 0.00000176. The van der Waals surface area contributed by atoms with Gasteiger partial charge in [0.05, 0.1) is 6.04 Å². The lowest BCUT2D eigenvalue weighted by Gasteiger charge is -2.33. The second kappa shape index (κ2) is 8.41. The van der Waals surface area contributed by atoms with Gasteiger partial charge in [0.2, 0.25) is 11.8 Å². The number of hydrogen-bond donors (Lipinski definition) is 1. The Morgan fingerprint density at radius 3 is 2.32 bits per heavy atom. The summed E-state index contributed by atoms with van der Waals surface area (Å²) in [5.41, 5.74) is 0. The Labute approximate surface area is 142 Å². The molecule has 3 rings (SSSR count). The smallest absolute Gasteiger partial charge is 0.240 e. The van der Waals surface area contributed by atoms with Crippen LogP contribution in [0.1, 0.15) is 32.1 Å². The zero-order valence-corrected chi connectivity index (χ0v) is 14.6. The fraction of sp³-hybridized carbons (Fsp3) is 0.867. The Morgan fingerprint density at radius 1 is 1.05 bits per heavy atom. The number of carbonyl (C=O) groups excluding carboxylic acids is 2. The zero-order valence-electron chi connectivity index (χ0n) is 13.0. The molecule has 5 nitrogen and oxygen atoms in total. The summed E-state index contributed by atoms with van der Waals surface area (Å²) in [5.74, 6) is 2.83. The van der Waals surface area contributed by atoms with Gasteiger partial charge in [0.15, 0.2) is 0 Å². The van der Waals surface area contributed by atoms with Crippen molar-refractivity contribution in [2.45, 2.75) is 38.1 Å². The maximum atomic E-state index is 12.3. The maximum absolute atomic E-state index is 12.3. The van der Waals surface area contributed by atoms with E-state index in [2.05, 4.69) is 5.32 Å². The van der Waals surface area contributed by atoms with Gasteiger partial charge in [0, 0.05) is 44.2 Å². The molecule has 0 saturated carbocycles. The summed E-state index contributed by atoms with van der Waals surface area (Å²) >= 11 is 1.79. The Hall–Kier alpha value is -0.460. The third kappa shape index (κ3) is 4.30. The highest BCUT2D eigenvalue weighted by Crippen LogP contribution is 2.24. The summed E-state index contributed by atoms with van der Waals surface area (Å²) in [4.78, 5) is 28.5. The van der Waals surface area contributed by atoms with Gasteiger partial charge in [-0.15, -0.1) is 24.2 Å². The van der Waals surface area contributed by atoms with Crippen LogP contribution in [0.15, 0.2) is 0 Å². The van der Waals surface area contributed by atoms with Gasteiger partial charge in [0.1, 0.15) is 0 Å². The van der Waals surface area contributed by atoms with Crippen molar-refractivity contribution in [3.63, 3.8) is 0 Å². The summed E-state index contributed by atoms with van der Waals surface area (Å²) in [6.45, 7) is 3.53. The predicted octanol–water partition coefficient (Wildman–Crippen LogP) is 1.32. The minimum Gasteiger partial charge on any atom is -0.343 e. The van der Waals surface area contributed by atoms with E-state index in [0.29, 0.717) is 18.2 Å². The fourth-order valence-electron chi connectivity index (χ4n) is 3.47. The van der Waals surface area contributed by atoms with E-state index in [0.717, 1.165) is 63.5 Å². The van der Waals surface area contributed by atoms with Crippen molar-refractivity contribution in [1.82, 2.24) is 15.1 Å². The summed E-state index contributed by atoms with van der Waals surface area (Å²) in [5, 5.41) is 3.25. The lowest BCUT2D eigenvalue weighted by atomic mass is 9.92. The first-order valence-electron chi connectivity index (χ1n) is 8.12. The highest BCUT2D eigenvalue weighted by atomic mass is 35.5. The highest BCUT2D eigenvalue weighted by Gasteiger charge is 2.31. The molecular weight excluding hydrogens is 322 g/mol. The number of nitrogens with zero attached hydrogens (tertiary/aromatic N) is 2. The van der Waals surface area contributed by atoms with Crippen molar-refractivity contribution in [3.05, 3.63) is 0 Å². The van der Waals surface area contributed by atoms with Gasteiger partial charge in [-0.1, -0.05) is 0 Å². The molecule has 7 heteroatoms. The minimum absolute atomic E-state index is 0. The maximum Gasteiger partial charge on any atom is 0.240 e. The fourth-order valence-corrected chi connectivity index (χ4v) is 4.41. The van der Waals surface area contributed by atoms with Gasteiger partial charge in [0.25, 0.3) is 0 Å². The first-order chi connectivity index (χ1) is 10.2. The van der Waals surface area contributed by atoms with Gasteiger partial charge in [-0.25, -0.2) is 0 Å². The summed E-state index contributed by atoms with van der Waals surface area (Å²) in [7, 11) is 0. The molecule has 0 spiro atoms. The van der Waals surface area contributed by atoms with Crippen molar-refractivity contribution in [2.75, 3.05) is 37.8 Å². The van der Waals surface area contributed by atoms with Crippen LogP contribution in [-0.4, -0.2) is 65.5 Å². The van der Waals surface area contributed by atoms with Crippen LogP contribution in [0.25, 0.3) is 0 Å². The minimum atomic E-state index is 0. The standard InChI is InChI=1S/C15H25N3O2S.ClH/c19-14(17-5-1-2-6-17)9-12-3-7-18(8-4-12)15(20)13-10-21-11-16-13;/h12-13,16H,1-11H2;1H. The molecule has 1 N–H and O–H groups in total. The monoisotopic (exact) mass is 347 g/mol. The molecule has 3 aliphatic heterocycles. The van der Waals surface area contributed by atoms with Crippen LogP contribution in [0.4, 0.5) is 0 Å². The van der Waals surface area contributed by atoms with Crippen molar-refractivity contribution in [2.24, 2.45) is 5.92 Å². The SMILES string of the molecule is Cl.O=C(CC1CCN(C(=O)C2CSCN2)CC1)N1CCCC1. The van der Waals surface area contributed by atoms with E-state index in [9.17, 15) is 9.59 Å². The molecule has 2 amide bonds. The molecule has 1 unspecified atom stereocenters. The molecule has 0 radical (unpaired) electrons. The normalized spacial score (nSPS) is 26.1. The molecule has 3 aliphatic rings. The number of carbonyl (C=O) groups is 2. The number of nitrogens with one attached hydrogen (secondary N) is 1. The van der Waals surface area contributed by atoms with Crippen LogP contribution < -0.4 is 5.32 Å². The number of likely N-dealkylation sites (tertiary alicyclic amines) is 2. The lowest BCUT2D eigenvalue weighted by molar-refractivity contribution is -0.134. The Kier molecular flexibility index (Phi) is 6.84. The molecule has 22 heavy (non-hydrogen) atoms. The van der Waals surface area contributed by atoms with Crippen LogP contribution in [0.3, 0.4) is 0 Å². The predicted molar refractivity (Wildman–Crippen MR) is 91.2 cm³/mol. The van der Waals surface area contributed by atoms with Crippen molar-refractivity contribution >= 4 is 36.0 Å². The van der Waals surface area contributed by atoms with Crippen LogP contribution >= 0.6 is 24.2 Å². The molecule has 0 aliphatic carbocycles. The van der Waals surface area contributed by atoms with E-state index < -0.39 is 0 Å². The van der Waals surface area contributed by atoms with Crippen LogP contribution in [-0.2, 0) is 9.59 Å². The first kappa shape index (κ1) is 17.9. The van der Waals surface area contributed by atoms with E-state index in [-0.39, 0.29) is 24.4 Å². The molecule has 1 atom stereocenters. The van der Waals surface area contributed by atoms with E-state index in [1.807, 2.05) is 9.80 Å². The summed E-state index contributed by atoms with van der Waals surface area (Å²) in [6.07, 6.45) is 4.95. The molecule has 0 aromatic heterocycles. The summed E-state index contributed by atoms with van der Waals surface area (Å²) in [6, 6.07) is 0.0118. The number of rotatable bonds is 3. The molecule has 3 saturated heterocycles. The number of piperidine rings is 1. The van der Waals surface area contributed by atoms with Crippen molar-refractivity contribution in [1.29, 1.82) is 0 Å². The van der Waals surface area contributed by atoms with Gasteiger partial charge in [-0.3, -0.25) is 14.9 Å². The first-order valence-corrected chi connectivity index (χ1v) is 9.27. The van der Waals surface area contributed by atoms with E-state index in [1.54, 1.807) is 11.8 Å². The van der Waals surface area contributed by atoms with Gasteiger partial charge < -0.3 is 9.80 Å². The largest absolute Gasteiger partial charge is 0.343 e. The van der Waals surface area contributed by atoms with Crippen molar-refractivity contribution < 1.29 is 9.59 Å². The van der Waals surface area contributed by atoms with E-state index in [4.69, 9.17) is 0 Å². The van der Waals surface area contributed by atoms with Crippen LogP contribution in [0.2, 0.25) is 0 Å². The Bertz CT molecular complexity index is 390. The quantitative estimate of drug-likeness (QED) is 0.836. The zero-order chi connectivity index (χ0) is 14.7. The van der Waals surface area contributed by atoms with Gasteiger partial charge in [-0.2, -0.15) is 0 Å². The molecule has 126 valence electrons. The molecule has 0 bridgehead atoms. The molecular formula is C15H26ClN3O2S. The molecule has 3 fully saturated rings. The molecule has 3 heterocycles. The van der Waals surface area contributed by atoms with E-state index in [1.165, 1.54) is 0 Å². The number of amides is 2. The van der Waals surface area contributed by atoms with Crippen molar-refractivity contribution in [3.8, 4) is 0 Å². The second-order valence-corrected chi connectivity index (χ2v) is 7.36. The lowest BCUT2D eigenvalue weighted by Crippen LogP contribution is -2.48. The second-order valence-electron chi connectivity index (χ2n) is 6.33. The Morgan fingerprint density at radius 2 is 1.73 bits per heavy atom. The number of halogens is 1. The summed E-state index contributed by atoms with van der Waals surface area (Å²) < 4.78 is 0. The molecule has 0 aromatic rings. The van der Waals surface area contributed by atoms with Gasteiger partial charge in [-0.05, 0) is 31.6 Å². The third-order valence-electron chi connectivity index (χ3n) is 4.86. The average molecular weight is 348 g/mol. The van der Waals surface area contributed by atoms with Crippen LogP contribution in [0.5, 0.6) is 0 Å². The molecule has 0 aromatic carbocycles. The number of thioether (sulfide) groups is 1.